The second-order valence-corrected chi connectivity index (χ2v) is 5.45. The summed E-state index contributed by atoms with van der Waals surface area (Å²) in [5.41, 5.74) is 1.85. The molecule has 0 saturated heterocycles. The van der Waals surface area contributed by atoms with Gasteiger partial charge in [0.2, 0.25) is 0 Å². The molecule has 0 radical (unpaired) electrons. The Bertz CT molecular complexity index is 641. The summed E-state index contributed by atoms with van der Waals surface area (Å²) in [6.07, 6.45) is -0.692. The maximum Gasteiger partial charge on any atom is 0.265 e. The lowest BCUT2D eigenvalue weighted by Gasteiger charge is -2.16. The number of anilines is 1. The van der Waals surface area contributed by atoms with Crippen LogP contribution in [0.4, 0.5) is 5.69 Å². The Morgan fingerprint density at radius 2 is 1.81 bits per heavy atom. The molecule has 2 rings (SSSR count). The summed E-state index contributed by atoms with van der Waals surface area (Å²) < 4.78 is 5.56. The van der Waals surface area contributed by atoms with E-state index in [1.165, 1.54) is 0 Å². The first-order valence-corrected chi connectivity index (χ1v) is 7.21. The number of nitrogens with one attached hydrogen (secondary N) is 1. The zero-order chi connectivity index (χ0) is 15.4. The molecule has 0 fully saturated rings. The van der Waals surface area contributed by atoms with Gasteiger partial charge in [-0.1, -0.05) is 47.0 Å². The van der Waals surface area contributed by atoms with Crippen molar-refractivity contribution in [3.05, 3.63) is 58.1 Å². The van der Waals surface area contributed by atoms with Crippen LogP contribution in [0.5, 0.6) is 5.75 Å². The molecule has 1 amide bonds. The number of carbonyl (C=O) groups excluding carboxylic acids is 1. The van der Waals surface area contributed by atoms with Gasteiger partial charge in [-0.2, -0.15) is 0 Å². The predicted octanol–water partition coefficient (Wildman–Crippen LogP) is 4.71. The van der Waals surface area contributed by atoms with Gasteiger partial charge in [-0.3, -0.25) is 4.79 Å². The highest BCUT2D eigenvalue weighted by Gasteiger charge is 2.17. The molecule has 2 aromatic carbocycles. The van der Waals surface area contributed by atoms with Crippen molar-refractivity contribution in [2.24, 2.45) is 0 Å². The third-order valence-electron chi connectivity index (χ3n) is 2.91. The third kappa shape index (κ3) is 4.13. The summed E-state index contributed by atoms with van der Waals surface area (Å²) in [6, 6.07) is 12.6. The van der Waals surface area contributed by atoms with Crippen molar-refractivity contribution in [1.82, 2.24) is 0 Å². The lowest BCUT2D eigenvalue weighted by atomic mass is 10.2. The predicted molar refractivity (Wildman–Crippen MR) is 86.4 cm³/mol. The zero-order valence-electron chi connectivity index (χ0n) is 11.7. The molecule has 3 nitrogen and oxygen atoms in total. The lowest BCUT2D eigenvalue weighted by molar-refractivity contribution is -0.122. The molecule has 21 heavy (non-hydrogen) atoms. The summed E-state index contributed by atoms with van der Waals surface area (Å²) in [5.74, 6) is 0.130. The highest BCUT2D eigenvalue weighted by Crippen LogP contribution is 2.32. The minimum atomic E-state index is -0.692. The molecule has 2 aromatic rings. The van der Waals surface area contributed by atoms with Crippen LogP contribution in [-0.2, 0) is 4.79 Å². The van der Waals surface area contributed by atoms with E-state index in [9.17, 15) is 4.79 Å². The van der Waals surface area contributed by atoms with Crippen LogP contribution < -0.4 is 10.1 Å². The summed E-state index contributed by atoms with van der Waals surface area (Å²) in [4.78, 5) is 12.1. The largest absolute Gasteiger partial charge is 0.479 e. The molecule has 1 atom stereocenters. The molecular weight excluding hydrogens is 309 g/mol. The SMILES string of the molecule is Cc1ccc(NC(=O)C(C)Oc2cccc(Cl)c2Cl)cc1. The number of aryl methyl sites for hydroxylation is 1. The molecule has 0 aliphatic carbocycles. The standard InChI is InChI=1S/C16H15Cl2NO2/c1-10-6-8-12(9-7-10)19-16(20)11(2)21-14-5-3-4-13(17)15(14)18/h3-9,11H,1-2H3,(H,19,20). The van der Waals surface area contributed by atoms with Gasteiger partial charge >= 0.3 is 0 Å². The van der Waals surface area contributed by atoms with Gasteiger partial charge in [0.25, 0.3) is 5.91 Å². The Morgan fingerprint density at radius 3 is 2.48 bits per heavy atom. The van der Waals surface area contributed by atoms with Crippen LogP contribution in [0.25, 0.3) is 0 Å². The summed E-state index contributed by atoms with van der Waals surface area (Å²) in [5, 5.41) is 3.47. The van der Waals surface area contributed by atoms with E-state index < -0.39 is 6.10 Å². The van der Waals surface area contributed by atoms with Gasteiger partial charge in [-0.25, -0.2) is 0 Å². The first kappa shape index (κ1) is 15.7. The smallest absolute Gasteiger partial charge is 0.265 e. The second-order valence-electron chi connectivity index (χ2n) is 4.67. The van der Waals surface area contributed by atoms with Crippen molar-refractivity contribution in [3.63, 3.8) is 0 Å². The molecule has 0 heterocycles. The van der Waals surface area contributed by atoms with Crippen molar-refractivity contribution in [2.45, 2.75) is 20.0 Å². The van der Waals surface area contributed by atoms with Crippen molar-refractivity contribution >= 4 is 34.8 Å². The van der Waals surface area contributed by atoms with E-state index in [-0.39, 0.29) is 5.91 Å². The van der Waals surface area contributed by atoms with Gasteiger partial charge < -0.3 is 10.1 Å². The number of carbonyl (C=O) groups is 1. The number of rotatable bonds is 4. The van der Waals surface area contributed by atoms with Crippen LogP contribution in [0.15, 0.2) is 42.5 Å². The number of hydrogen-bond acceptors (Lipinski definition) is 2. The number of ether oxygens (including phenoxy) is 1. The minimum Gasteiger partial charge on any atom is -0.479 e. The van der Waals surface area contributed by atoms with E-state index in [2.05, 4.69) is 5.32 Å². The van der Waals surface area contributed by atoms with Crippen LogP contribution >= 0.6 is 23.2 Å². The number of amides is 1. The molecule has 1 N–H and O–H groups in total. The fourth-order valence-corrected chi connectivity index (χ4v) is 2.04. The highest BCUT2D eigenvalue weighted by molar-refractivity contribution is 6.42. The van der Waals surface area contributed by atoms with Gasteiger partial charge in [0.1, 0.15) is 10.8 Å². The zero-order valence-corrected chi connectivity index (χ0v) is 13.2. The van der Waals surface area contributed by atoms with Gasteiger partial charge in [0.05, 0.1) is 5.02 Å². The topological polar surface area (TPSA) is 38.3 Å². The Hall–Kier alpha value is -1.71. The fraction of sp³-hybridized carbons (Fsp3) is 0.188. The van der Waals surface area contributed by atoms with E-state index in [4.69, 9.17) is 27.9 Å². The average molecular weight is 324 g/mol. The molecule has 0 spiro atoms. The number of hydrogen-bond donors (Lipinski definition) is 1. The second kappa shape index (κ2) is 6.83. The van der Waals surface area contributed by atoms with Crippen LogP contribution in [0, 0.1) is 6.92 Å². The normalized spacial score (nSPS) is 11.8. The number of halogens is 2. The molecular formula is C16H15Cl2NO2. The summed E-state index contributed by atoms with van der Waals surface area (Å²) in [7, 11) is 0. The quantitative estimate of drug-likeness (QED) is 0.885. The Morgan fingerprint density at radius 1 is 1.14 bits per heavy atom. The summed E-state index contributed by atoms with van der Waals surface area (Å²) >= 11 is 11.9. The lowest BCUT2D eigenvalue weighted by Crippen LogP contribution is -2.30. The number of benzene rings is 2. The molecule has 5 heteroatoms. The molecule has 0 aromatic heterocycles. The van der Waals surface area contributed by atoms with E-state index in [0.29, 0.717) is 15.8 Å². The van der Waals surface area contributed by atoms with Crippen molar-refractivity contribution in [1.29, 1.82) is 0 Å². The van der Waals surface area contributed by atoms with Crippen molar-refractivity contribution in [2.75, 3.05) is 5.32 Å². The maximum absolute atomic E-state index is 12.1. The van der Waals surface area contributed by atoms with Crippen LogP contribution in [0.2, 0.25) is 10.0 Å². The van der Waals surface area contributed by atoms with Crippen molar-refractivity contribution in [3.8, 4) is 5.75 Å². The van der Waals surface area contributed by atoms with Crippen LogP contribution in [0.3, 0.4) is 0 Å². The van der Waals surface area contributed by atoms with Crippen LogP contribution in [0.1, 0.15) is 12.5 Å². The fourth-order valence-electron chi connectivity index (χ4n) is 1.70. The molecule has 0 aliphatic heterocycles. The Balaban J connectivity index is 2.02. The van der Waals surface area contributed by atoms with Crippen molar-refractivity contribution < 1.29 is 9.53 Å². The Labute approximate surface area is 133 Å². The molecule has 1 unspecified atom stereocenters. The molecule has 0 saturated carbocycles. The monoisotopic (exact) mass is 323 g/mol. The van der Waals surface area contributed by atoms with E-state index in [0.717, 1.165) is 11.3 Å². The first-order chi connectivity index (χ1) is 9.97. The average Bonchev–Trinajstić information content (AvgIpc) is 2.46. The summed E-state index contributed by atoms with van der Waals surface area (Å²) in [6.45, 7) is 3.64. The first-order valence-electron chi connectivity index (χ1n) is 6.45. The molecule has 110 valence electrons. The third-order valence-corrected chi connectivity index (χ3v) is 3.71. The minimum absolute atomic E-state index is 0.255. The maximum atomic E-state index is 12.1. The van der Waals surface area contributed by atoms with Gasteiger partial charge in [-0.05, 0) is 38.1 Å². The van der Waals surface area contributed by atoms with Gasteiger partial charge in [0, 0.05) is 5.69 Å². The van der Waals surface area contributed by atoms with Gasteiger partial charge in [-0.15, -0.1) is 0 Å². The highest BCUT2D eigenvalue weighted by atomic mass is 35.5. The van der Waals surface area contributed by atoms with Gasteiger partial charge in [0.15, 0.2) is 6.10 Å². The van der Waals surface area contributed by atoms with E-state index in [1.54, 1.807) is 25.1 Å². The van der Waals surface area contributed by atoms with Crippen LogP contribution in [-0.4, -0.2) is 12.0 Å². The van der Waals surface area contributed by atoms with E-state index in [1.807, 2.05) is 31.2 Å². The van der Waals surface area contributed by atoms with E-state index >= 15 is 0 Å². The Kier molecular flexibility index (Phi) is 5.10. The molecule has 0 bridgehead atoms. The molecule has 0 aliphatic rings.